The number of nitriles is 3. The lowest BCUT2D eigenvalue weighted by molar-refractivity contribution is -0.921. The Morgan fingerprint density at radius 1 is 0.795 bits per heavy atom. The summed E-state index contributed by atoms with van der Waals surface area (Å²) in [6.07, 6.45) is 4.36. The lowest BCUT2D eigenvalue weighted by atomic mass is 10.1. The van der Waals surface area contributed by atoms with Gasteiger partial charge in [-0.15, -0.1) is 0 Å². The van der Waals surface area contributed by atoms with Crippen LogP contribution in [0.4, 0.5) is 11.4 Å². The zero-order chi connectivity index (χ0) is 28.7. The van der Waals surface area contributed by atoms with Gasteiger partial charge in [-0.3, -0.25) is 5.87 Å². The van der Waals surface area contributed by atoms with Crippen LogP contribution in [0.1, 0.15) is 40.5 Å². The van der Waals surface area contributed by atoms with E-state index < -0.39 is 0 Å². The summed E-state index contributed by atoms with van der Waals surface area (Å²) in [7, 11) is 0. The van der Waals surface area contributed by atoms with Crippen molar-refractivity contribution in [1.82, 2.24) is 0 Å². The molecule has 3 rings (SSSR count). The highest BCUT2D eigenvalue weighted by atomic mass is 15.3. The molecule has 0 saturated carbocycles. The minimum Gasteiger partial charge on any atom is -0.762 e. The van der Waals surface area contributed by atoms with E-state index in [1.165, 1.54) is 30.7 Å². The van der Waals surface area contributed by atoms with Gasteiger partial charge in [-0.2, -0.15) is 15.8 Å². The van der Waals surface area contributed by atoms with Crippen molar-refractivity contribution in [3.63, 3.8) is 0 Å². The SMILES string of the molecule is CC[N+](CC)(CC)CC.N#CC(=C=[N-])/C=C1\CCC(C=C(C#N)C#N)=C1N(c1ccccc1)c1ccccc1. The quantitative estimate of drug-likeness (QED) is 0.198. The zero-order valence-electron chi connectivity index (χ0n) is 23.4. The van der Waals surface area contributed by atoms with Crippen molar-refractivity contribution >= 4 is 17.2 Å². The molecule has 0 aliphatic heterocycles. The Labute approximate surface area is 233 Å². The molecule has 0 radical (unpaired) electrons. The average Bonchev–Trinajstić information content (AvgIpc) is 3.38. The molecule has 0 atom stereocenters. The van der Waals surface area contributed by atoms with Gasteiger partial charge in [0.15, 0.2) is 0 Å². The molecule has 0 N–H and O–H groups in total. The second-order valence-electron chi connectivity index (χ2n) is 9.08. The molecule has 0 heterocycles. The van der Waals surface area contributed by atoms with Gasteiger partial charge in [0.05, 0.1) is 37.4 Å². The van der Waals surface area contributed by atoms with E-state index in [0.29, 0.717) is 12.8 Å². The fourth-order valence-corrected chi connectivity index (χ4v) is 4.71. The van der Waals surface area contributed by atoms with Crippen molar-refractivity contribution in [1.29, 1.82) is 15.8 Å². The summed E-state index contributed by atoms with van der Waals surface area (Å²) in [5.74, 6) is 1.91. The van der Waals surface area contributed by atoms with Crippen LogP contribution in [0.25, 0.3) is 5.41 Å². The molecule has 0 aromatic heterocycles. The highest BCUT2D eigenvalue weighted by Gasteiger charge is 2.26. The van der Waals surface area contributed by atoms with E-state index in [0.717, 1.165) is 28.2 Å². The van der Waals surface area contributed by atoms with Crippen LogP contribution in [0, 0.1) is 34.0 Å². The van der Waals surface area contributed by atoms with E-state index in [-0.39, 0.29) is 11.1 Å². The molecule has 6 heteroatoms. The van der Waals surface area contributed by atoms with Crippen molar-refractivity contribution in [2.24, 2.45) is 0 Å². The van der Waals surface area contributed by atoms with Gasteiger partial charge < -0.3 is 14.8 Å². The Balaban J connectivity index is 0.000000510. The van der Waals surface area contributed by atoms with E-state index in [4.69, 9.17) is 0 Å². The fraction of sp³-hybridized carbons (Fsp3) is 0.303. The van der Waals surface area contributed by atoms with Crippen LogP contribution in [0.5, 0.6) is 0 Å². The first-order valence-electron chi connectivity index (χ1n) is 13.3. The molecular formula is C33H36N6. The van der Waals surface area contributed by atoms with Crippen molar-refractivity contribution < 1.29 is 4.48 Å². The topological polar surface area (TPSA) is 96.9 Å². The van der Waals surface area contributed by atoms with Gasteiger partial charge in [-0.05, 0) is 88.1 Å². The number of hydrogen-bond acceptors (Lipinski definition) is 4. The smallest absolute Gasteiger partial charge is 0.130 e. The van der Waals surface area contributed by atoms with Gasteiger partial charge in [-0.25, -0.2) is 0 Å². The van der Waals surface area contributed by atoms with E-state index in [1.807, 2.05) is 89.6 Å². The molecule has 0 amide bonds. The lowest BCUT2D eigenvalue weighted by Crippen LogP contribution is -2.47. The Morgan fingerprint density at radius 2 is 1.28 bits per heavy atom. The molecule has 6 nitrogen and oxygen atoms in total. The molecular weight excluding hydrogens is 480 g/mol. The van der Waals surface area contributed by atoms with Gasteiger partial charge in [-0.1, -0.05) is 36.4 Å². The van der Waals surface area contributed by atoms with Crippen molar-refractivity contribution in [3.05, 3.63) is 106 Å². The van der Waals surface area contributed by atoms with E-state index in [1.54, 1.807) is 12.2 Å². The Bertz CT molecular complexity index is 1290. The molecule has 0 bridgehead atoms. The molecule has 0 unspecified atom stereocenters. The third-order valence-electron chi connectivity index (χ3n) is 7.33. The van der Waals surface area contributed by atoms with Crippen LogP contribution in [0.15, 0.2) is 101 Å². The summed E-state index contributed by atoms with van der Waals surface area (Å²) in [4.78, 5) is 2.03. The molecule has 39 heavy (non-hydrogen) atoms. The molecule has 2 aromatic rings. The van der Waals surface area contributed by atoms with Crippen molar-refractivity contribution in [2.45, 2.75) is 40.5 Å². The van der Waals surface area contributed by atoms with E-state index in [2.05, 4.69) is 27.7 Å². The summed E-state index contributed by atoms with van der Waals surface area (Å²) >= 11 is 0. The summed E-state index contributed by atoms with van der Waals surface area (Å²) in [6.45, 7) is 14.2. The predicted molar refractivity (Wildman–Crippen MR) is 159 cm³/mol. The summed E-state index contributed by atoms with van der Waals surface area (Å²) in [6, 6.07) is 25.2. The number of quaternary nitrogens is 1. The third kappa shape index (κ3) is 7.91. The molecule has 2 aromatic carbocycles. The number of nitrogens with zero attached hydrogens (tertiary/aromatic N) is 6. The van der Waals surface area contributed by atoms with E-state index in [9.17, 15) is 21.2 Å². The number of hydrogen-bond donors (Lipinski definition) is 0. The van der Waals surface area contributed by atoms with Crippen LogP contribution >= 0.6 is 0 Å². The van der Waals surface area contributed by atoms with Gasteiger partial charge in [0.1, 0.15) is 23.8 Å². The zero-order valence-corrected chi connectivity index (χ0v) is 23.4. The minimum atomic E-state index is 0.00888. The first kappa shape index (κ1) is 30.6. The van der Waals surface area contributed by atoms with Crippen molar-refractivity contribution in [3.8, 4) is 18.2 Å². The second kappa shape index (κ2) is 15.6. The first-order chi connectivity index (χ1) is 19.0. The maximum atomic E-state index is 9.25. The number of anilines is 2. The maximum absolute atomic E-state index is 9.25. The summed E-state index contributed by atoms with van der Waals surface area (Å²) < 4.78 is 1.28. The number of benzene rings is 2. The van der Waals surface area contributed by atoms with Gasteiger partial charge >= 0.3 is 0 Å². The molecule has 1 aliphatic carbocycles. The van der Waals surface area contributed by atoms with Crippen molar-refractivity contribution in [2.75, 3.05) is 31.1 Å². The van der Waals surface area contributed by atoms with Crippen LogP contribution in [0.2, 0.25) is 0 Å². The molecule has 1 aliphatic rings. The Morgan fingerprint density at radius 3 is 1.64 bits per heavy atom. The predicted octanol–water partition coefficient (Wildman–Crippen LogP) is 7.34. The highest BCUT2D eigenvalue weighted by molar-refractivity contribution is 5.76. The Kier molecular flexibility index (Phi) is 12.2. The number of allylic oxidation sites excluding steroid dienone is 6. The minimum absolute atomic E-state index is 0.00888. The monoisotopic (exact) mass is 516 g/mol. The number of para-hydroxylation sites is 2. The number of rotatable bonds is 9. The summed E-state index contributed by atoms with van der Waals surface area (Å²) in [5.41, 5.74) is 4.19. The third-order valence-corrected chi connectivity index (χ3v) is 7.33. The average molecular weight is 517 g/mol. The lowest BCUT2D eigenvalue weighted by Gasteiger charge is -2.34. The van der Waals surface area contributed by atoms with Crippen LogP contribution in [-0.2, 0) is 0 Å². The van der Waals surface area contributed by atoms with Crippen LogP contribution in [-0.4, -0.2) is 36.5 Å². The van der Waals surface area contributed by atoms with E-state index >= 15 is 0 Å². The van der Waals surface area contributed by atoms with Gasteiger partial charge in [0.25, 0.3) is 0 Å². The summed E-state index contributed by atoms with van der Waals surface area (Å²) in [5, 5.41) is 37.0. The first-order valence-corrected chi connectivity index (χ1v) is 13.3. The largest absolute Gasteiger partial charge is 0.762 e. The normalized spacial score (nSPS) is 13.2. The second-order valence-corrected chi connectivity index (χ2v) is 9.08. The van der Waals surface area contributed by atoms with Crippen LogP contribution < -0.4 is 4.90 Å². The molecule has 198 valence electrons. The Hall–Kier alpha value is -4.66. The fourth-order valence-electron chi connectivity index (χ4n) is 4.71. The standard InChI is InChI=1S/C25H16N5.C8H20N/c26-15-19(16-27)13-21-11-12-22(14-20(17-28)18-29)25(21)30(23-7-3-1-4-8-23)24-9-5-2-6-10-24;1-5-9(6-2,7-3)8-4/h1-10,13-14H,11-12H2;5-8H2,1-4H3/q-1;+1/b21-13+;. The molecule has 0 fully saturated rings. The van der Waals surface area contributed by atoms with Crippen LogP contribution in [0.3, 0.4) is 0 Å². The molecule has 0 spiro atoms. The van der Waals surface area contributed by atoms with Gasteiger partial charge in [0.2, 0.25) is 0 Å². The van der Waals surface area contributed by atoms with Gasteiger partial charge in [0, 0.05) is 11.4 Å². The highest BCUT2D eigenvalue weighted by Crippen LogP contribution is 2.42. The maximum Gasteiger partial charge on any atom is 0.130 e. The molecule has 0 saturated heterocycles.